The molecule has 0 spiro atoms. The first-order valence-corrected chi connectivity index (χ1v) is 10.5. The molecule has 1 atom stereocenters. The van der Waals surface area contributed by atoms with Crippen LogP contribution in [0, 0.1) is 6.92 Å². The number of nitrogens with one attached hydrogen (secondary N) is 1. The van der Waals surface area contributed by atoms with Gasteiger partial charge in [0.25, 0.3) is 5.91 Å². The minimum absolute atomic E-state index is 0.0579. The molecular formula is C16H21NO5S2. The van der Waals surface area contributed by atoms with Crippen molar-refractivity contribution in [2.24, 2.45) is 0 Å². The maximum atomic E-state index is 11.7. The summed E-state index contributed by atoms with van der Waals surface area (Å²) in [7, 11) is -2.94. The molecule has 0 aromatic heterocycles. The van der Waals surface area contributed by atoms with Crippen molar-refractivity contribution in [1.29, 1.82) is 0 Å². The molecule has 0 aliphatic carbocycles. The molecule has 2 rings (SSSR count). The number of benzene rings is 1. The summed E-state index contributed by atoms with van der Waals surface area (Å²) in [5, 5.41) is 2.64. The zero-order valence-corrected chi connectivity index (χ0v) is 15.1. The number of aryl methyl sites for hydroxylation is 1. The molecule has 0 saturated carbocycles. The first kappa shape index (κ1) is 18.8. The van der Waals surface area contributed by atoms with Crippen molar-refractivity contribution < 1.29 is 22.7 Å². The minimum atomic E-state index is -2.94. The van der Waals surface area contributed by atoms with Gasteiger partial charge in [-0.15, -0.1) is 11.8 Å². The van der Waals surface area contributed by atoms with E-state index in [2.05, 4.69) is 5.32 Å². The van der Waals surface area contributed by atoms with Gasteiger partial charge in [0.2, 0.25) is 0 Å². The van der Waals surface area contributed by atoms with Crippen LogP contribution in [0.15, 0.2) is 24.3 Å². The number of hydrogen-bond acceptors (Lipinski definition) is 6. The monoisotopic (exact) mass is 371 g/mol. The Morgan fingerprint density at radius 3 is 2.75 bits per heavy atom. The molecule has 1 fully saturated rings. The van der Waals surface area contributed by atoms with Gasteiger partial charge < -0.3 is 10.1 Å². The summed E-state index contributed by atoms with van der Waals surface area (Å²) in [6.07, 6.45) is 0.567. The smallest absolute Gasteiger partial charge is 0.316 e. The minimum Gasteiger partial charge on any atom is -0.455 e. The summed E-state index contributed by atoms with van der Waals surface area (Å²) in [5.41, 5.74) is 2.09. The number of carbonyl (C=O) groups is 2. The lowest BCUT2D eigenvalue weighted by Crippen LogP contribution is -2.29. The number of rotatable bonds is 7. The van der Waals surface area contributed by atoms with E-state index in [0.717, 1.165) is 11.1 Å². The van der Waals surface area contributed by atoms with Crippen LogP contribution in [0.5, 0.6) is 0 Å². The highest BCUT2D eigenvalue weighted by molar-refractivity contribution is 8.02. The molecular weight excluding hydrogens is 350 g/mol. The zero-order chi connectivity index (χ0) is 17.6. The molecule has 1 aliphatic rings. The van der Waals surface area contributed by atoms with Crippen molar-refractivity contribution in [2.45, 2.75) is 25.1 Å². The predicted octanol–water partition coefficient (Wildman–Crippen LogP) is 1.07. The fourth-order valence-corrected chi connectivity index (χ4v) is 5.76. The highest BCUT2D eigenvalue weighted by Gasteiger charge is 2.28. The van der Waals surface area contributed by atoms with Gasteiger partial charge >= 0.3 is 5.97 Å². The van der Waals surface area contributed by atoms with Crippen LogP contribution < -0.4 is 5.32 Å². The summed E-state index contributed by atoms with van der Waals surface area (Å²) >= 11 is 1.27. The summed E-state index contributed by atoms with van der Waals surface area (Å²) in [6, 6.07) is 7.71. The second-order valence-corrected chi connectivity index (χ2v) is 9.22. The average molecular weight is 371 g/mol. The molecule has 1 saturated heterocycles. The molecule has 8 heteroatoms. The fraction of sp³-hybridized carbons (Fsp3) is 0.500. The Hall–Kier alpha value is -1.54. The average Bonchev–Trinajstić information content (AvgIpc) is 2.89. The topological polar surface area (TPSA) is 89.5 Å². The normalized spacial score (nSPS) is 19.0. The summed E-state index contributed by atoms with van der Waals surface area (Å²) < 4.78 is 27.6. The lowest BCUT2D eigenvalue weighted by atomic mass is 10.1. The van der Waals surface area contributed by atoms with Gasteiger partial charge in [-0.05, 0) is 24.5 Å². The maximum absolute atomic E-state index is 11.7. The van der Waals surface area contributed by atoms with Gasteiger partial charge in [0.05, 0.1) is 17.3 Å². The number of carbonyl (C=O) groups excluding carboxylic acids is 2. The van der Waals surface area contributed by atoms with Crippen molar-refractivity contribution in [3.63, 3.8) is 0 Å². The van der Waals surface area contributed by atoms with E-state index in [0.29, 0.717) is 13.0 Å². The molecule has 0 bridgehead atoms. The van der Waals surface area contributed by atoms with Crippen LogP contribution in [0.25, 0.3) is 0 Å². The molecule has 1 amide bonds. The third-order valence-electron chi connectivity index (χ3n) is 3.73. The first-order valence-electron chi connectivity index (χ1n) is 7.64. The molecule has 1 heterocycles. The van der Waals surface area contributed by atoms with E-state index in [1.807, 2.05) is 31.2 Å². The van der Waals surface area contributed by atoms with Crippen LogP contribution in [0.3, 0.4) is 0 Å². The van der Waals surface area contributed by atoms with Gasteiger partial charge in [-0.25, -0.2) is 8.42 Å². The van der Waals surface area contributed by atoms with Gasteiger partial charge in [0, 0.05) is 11.8 Å². The summed E-state index contributed by atoms with van der Waals surface area (Å²) in [5.74, 6) is -0.510. The Morgan fingerprint density at radius 2 is 2.08 bits per heavy atom. The fourth-order valence-electron chi connectivity index (χ4n) is 2.32. The Morgan fingerprint density at radius 1 is 1.33 bits per heavy atom. The third kappa shape index (κ3) is 6.16. The van der Waals surface area contributed by atoms with Gasteiger partial charge in [-0.1, -0.05) is 24.3 Å². The third-order valence-corrected chi connectivity index (χ3v) is 6.98. The largest absolute Gasteiger partial charge is 0.455 e. The van der Waals surface area contributed by atoms with E-state index in [-0.39, 0.29) is 35.0 Å². The number of amides is 1. The molecule has 1 N–H and O–H groups in total. The van der Waals surface area contributed by atoms with Crippen LogP contribution in [-0.2, 0) is 30.7 Å². The van der Waals surface area contributed by atoms with Gasteiger partial charge in [0.15, 0.2) is 16.4 Å². The lowest BCUT2D eigenvalue weighted by Gasteiger charge is -2.09. The van der Waals surface area contributed by atoms with Gasteiger partial charge in [-0.3, -0.25) is 9.59 Å². The zero-order valence-electron chi connectivity index (χ0n) is 13.5. The van der Waals surface area contributed by atoms with E-state index < -0.39 is 15.8 Å². The second kappa shape index (κ2) is 8.53. The number of ether oxygens (including phenoxy) is 1. The van der Waals surface area contributed by atoms with Crippen molar-refractivity contribution in [2.75, 3.05) is 23.9 Å². The maximum Gasteiger partial charge on any atom is 0.316 e. The highest BCUT2D eigenvalue weighted by atomic mass is 32.2. The second-order valence-electron chi connectivity index (χ2n) is 5.70. The Labute approximate surface area is 146 Å². The van der Waals surface area contributed by atoms with Crippen molar-refractivity contribution in [3.05, 3.63) is 35.4 Å². The molecule has 1 aliphatic heterocycles. The molecule has 1 aromatic carbocycles. The van der Waals surface area contributed by atoms with Crippen LogP contribution in [-0.4, -0.2) is 49.4 Å². The van der Waals surface area contributed by atoms with Crippen LogP contribution in [0.4, 0.5) is 0 Å². The van der Waals surface area contributed by atoms with Gasteiger partial charge in [-0.2, -0.15) is 0 Å². The summed E-state index contributed by atoms with van der Waals surface area (Å²) in [6.45, 7) is 2.02. The highest BCUT2D eigenvalue weighted by Crippen LogP contribution is 2.24. The number of hydrogen-bond donors (Lipinski definition) is 1. The Balaban J connectivity index is 1.63. The van der Waals surface area contributed by atoms with Crippen LogP contribution in [0.2, 0.25) is 0 Å². The van der Waals surface area contributed by atoms with Crippen LogP contribution in [0.1, 0.15) is 17.5 Å². The van der Waals surface area contributed by atoms with E-state index in [4.69, 9.17) is 4.74 Å². The van der Waals surface area contributed by atoms with E-state index >= 15 is 0 Å². The lowest BCUT2D eigenvalue weighted by molar-refractivity contribution is -0.145. The Kier molecular flexibility index (Phi) is 6.68. The summed E-state index contributed by atoms with van der Waals surface area (Å²) in [4.78, 5) is 23.3. The Bertz CT molecular complexity index is 702. The number of thioether (sulfide) groups is 1. The SMILES string of the molecule is Cc1ccccc1CNC(=O)COC(=O)CS[C@@H]1CCS(=O)(=O)C1. The van der Waals surface area contributed by atoms with Crippen molar-refractivity contribution >= 4 is 33.5 Å². The van der Waals surface area contributed by atoms with Crippen molar-refractivity contribution in [3.8, 4) is 0 Å². The van der Waals surface area contributed by atoms with Crippen molar-refractivity contribution in [1.82, 2.24) is 5.32 Å². The van der Waals surface area contributed by atoms with Crippen LogP contribution >= 0.6 is 11.8 Å². The predicted molar refractivity (Wildman–Crippen MR) is 93.5 cm³/mol. The molecule has 0 radical (unpaired) electrons. The molecule has 24 heavy (non-hydrogen) atoms. The van der Waals surface area contributed by atoms with E-state index in [1.54, 1.807) is 0 Å². The van der Waals surface area contributed by atoms with Gasteiger partial charge in [0.1, 0.15) is 0 Å². The molecule has 0 unspecified atom stereocenters. The first-order chi connectivity index (χ1) is 11.4. The number of esters is 1. The number of sulfone groups is 1. The standard InChI is InChI=1S/C16H21NO5S2/c1-12-4-2-3-5-13(12)8-17-15(18)9-22-16(19)10-23-14-6-7-24(20,21)11-14/h2-5,14H,6-11H2,1H3,(H,17,18)/t14-/m1/s1. The van der Waals surface area contributed by atoms with E-state index in [9.17, 15) is 18.0 Å². The molecule has 6 nitrogen and oxygen atoms in total. The van der Waals surface area contributed by atoms with E-state index in [1.165, 1.54) is 11.8 Å². The molecule has 132 valence electrons. The quantitative estimate of drug-likeness (QED) is 0.721. The molecule has 1 aromatic rings.